The maximum Gasteiger partial charge on any atom is 0.266 e. The first kappa shape index (κ1) is 15.7. The second-order valence-corrected chi connectivity index (χ2v) is 5.70. The molecule has 0 bridgehead atoms. The molecule has 0 aliphatic carbocycles. The molecule has 0 fully saturated rings. The fourth-order valence-corrected chi connectivity index (χ4v) is 2.89. The Morgan fingerprint density at radius 2 is 1.88 bits per heavy atom. The van der Waals surface area contributed by atoms with E-state index in [1.807, 2.05) is 24.3 Å². The molecular weight excluding hydrogens is 312 g/mol. The summed E-state index contributed by atoms with van der Waals surface area (Å²) < 4.78 is 0. The predicted molar refractivity (Wildman–Crippen MR) is 85.1 cm³/mol. The maximum atomic E-state index is 12.6. The fraction of sp³-hybridized carbons (Fsp3) is 0.250. The van der Waals surface area contributed by atoms with Crippen LogP contribution in [0.4, 0.5) is 0 Å². The highest BCUT2D eigenvalue weighted by molar-refractivity contribution is 5.88. The molecule has 0 saturated carbocycles. The number of nitrogens with zero attached hydrogens (tertiary/aromatic N) is 1. The van der Waals surface area contributed by atoms with E-state index in [0.29, 0.717) is 6.42 Å². The lowest BCUT2D eigenvalue weighted by molar-refractivity contribution is -0.140. The standard InChI is InChI=1S/C16H16N4O4/c17-15(23)12-5-9-3-1-2-4-10(9)8-20(12)14(22)7-11-6-13(21)18-19-16(11)24/h1-4,6,12H,5,7-8H2,(H2,17,23)(H,18,21)(H,19,24)/t12-/m1/s1. The number of rotatable bonds is 3. The second-order valence-electron chi connectivity index (χ2n) is 5.70. The summed E-state index contributed by atoms with van der Waals surface area (Å²) in [6.45, 7) is 0.240. The zero-order chi connectivity index (χ0) is 17.3. The number of benzene rings is 1. The highest BCUT2D eigenvalue weighted by Gasteiger charge is 2.33. The van der Waals surface area contributed by atoms with Crippen LogP contribution in [0, 0.1) is 0 Å². The Morgan fingerprint density at radius 1 is 1.17 bits per heavy atom. The lowest BCUT2D eigenvalue weighted by Gasteiger charge is -2.35. The molecule has 2 amide bonds. The first-order valence-electron chi connectivity index (χ1n) is 7.42. The van der Waals surface area contributed by atoms with Crippen LogP contribution < -0.4 is 16.9 Å². The van der Waals surface area contributed by atoms with Gasteiger partial charge in [0, 0.05) is 24.6 Å². The average Bonchev–Trinajstić information content (AvgIpc) is 2.56. The lowest BCUT2D eigenvalue weighted by Crippen LogP contribution is -2.51. The number of primary amides is 1. The van der Waals surface area contributed by atoms with E-state index in [1.165, 1.54) is 4.90 Å². The summed E-state index contributed by atoms with van der Waals surface area (Å²) in [5, 5.41) is 4.31. The summed E-state index contributed by atoms with van der Waals surface area (Å²) in [4.78, 5) is 48.8. The Kier molecular flexibility index (Phi) is 4.03. The summed E-state index contributed by atoms with van der Waals surface area (Å²) in [6.07, 6.45) is 0.0637. The zero-order valence-electron chi connectivity index (χ0n) is 12.7. The van der Waals surface area contributed by atoms with Crippen LogP contribution in [0.2, 0.25) is 0 Å². The van der Waals surface area contributed by atoms with Crippen LogP contribution in [0.5, 0.6) is 0 Å². The minimum absolute atomic E-state index is 0.0471. The van der Waals surface area contributed by atoms with Gasteiger partial charge in [-0.25, -0.2) is 0 Å². The average molecular weight is 328 g/mol. The van der Waals surface area contributed by atoms with Gasteiger partial charge < -0.3 is 10.6 Å². The molecule has 124 valence electrons. The predicted octanol–water partition coefficient (Wildman–Crippen LogP) is -0.956. The summed E-state index contributed by atoms with van der Waals surface area (Å²) in [5.74, 6) is -1.03. The largest absolute Gasteiger partial charge is 0.368 e. The molecule has 1 aromatic heterocycles. The van der Waals surface area contributed by atoms with Crippen molar-refractivity contribution in [2.24, 2.45) is 5.73 Å². The van der Waals surface area contributed by atoms with E-state index in [-0.39, 0.29) is 18.5 Å². The highest BCUT2D eigenvalue weighted by atomic mass is 16.2. The maximum absolute atomic E-state index is 12.6. The SMILES string of the molecule is NC(=O)[C@H]1Cc2ccccc2CN1C(=O)Cc1cc(=O)[nH][nH]c1=O. The number of carbonyl (C=O) groups excluding carboxylic acids is 2. The third-order valence-electron chi connectivity index (χ3n) is 4.14. The van der Waals surface area contributed by atoms with Gasteiger partial charge in [-0.2, -0.15) is 0 Å². The molecule has 8 nitrogen and oxygen atoms in total. The van der Waals surface area contributed by atoms with Crippen molar-refractivity contribution in [3.8, 4) is 0 Å². The van der Waals surface area contributed by atoms with E-state index >= 15 is 0 Å². The number of amides is 2. The summed E-state index contributed by atoms with van der Waals surface area (Å²) >= 11 is 0. The summed E-state index contributed by atoms with van der Waals surface area (Å²) in [5.41, 5.74) is 6.34. The lowest BCUT2D eigenvalue weighted by atomic mass is 9.93. The van der Waals surface area contributed by atoms with Crippen LogP contribution in [0.1, 0.15) is 16.7 Å². The van der Waals surface area contributed by atoms with Crippen molar-refractivity contribution in [1.82, 2.24) is 15.1 Å². The van der Waals surface area contributed by atoms with Gasteiger partial charge in [-0.1, -0.05) is 24.3 Å². The van der Waals surface area contributed by atoms with Crippen LogP contribution in [0.15, 0.2) is 39.9 Å². The zero-order valence-corrected chi connectivity index (χ0v) is 12.7. The van der Waals surface area contributed by atoms with Crippen molar-refractivity contribution in [2.75, 3.05) is 0 Å². The second kappa shape index (κ2) is 6.15. The summed E-state index contributed by atoms with van der Waals surface area (Å²) in [6, 6.07) is 7.81. The molecule has 2 heterocycles. The molecule has 3 rings (SSSR count). The van der Waals surface area contributed by atoms with Gasteiger partial charge in [0.05, 0.1) is 6.42 Å². The number of nitrogens with two attached hydrogens (primary N) is 1. The fourth-order valence-electron chi connectivity index (χ4n) is 2.89. The highest BCUT2D eigenvalue weighted by Crippen LogP contribution is 2.23. The number of hydrogen-bond acceptors (Lipinski definition) is 4. The topological polar surface area (TPSA) is 129 Å². The molecule has 1 atom stereocenters. The van der Waals surface area contributed by atoms with Gasteiger partial charge >= 0.3 is 0 Å². The third-order valence-corrected chi connectivity index (χ3v) is 4.14. The van der Waals surface area contributed by atoms with Gasteiger partial charge in [0.15, 0.2) is 0 Å². The number of hydrogen-bond donors (Lipinski definition) is 3. The van der Waals surface area contributed by atoms with Crippen molar-refractivity contribution in [1.29, 1.82) is 0 Å². The summed E-state index contributed by atoms with van der Waals surface area (Å²) in [7, 11) is 0. The normalized spacial score (nSPS) is 16.5. The van der Waals surface area contributed by atoms with Crippen molar-refractivity contribution in [3.05, 3.63) is 67.7 Å². The van der Waals surface area contributed by atoms with Crippen LogP contribution in [-0.4, -0.2) is 33.0 Å². The van der Waals surface area contributed by atoms with E-state index in [4.69, 9.17) is 5.73 Å². The van der Waals surface area contributed by atoms with Gasteiger partial charge in [0.25, 0.3) is 11.1 Å². The molecule has 0 spiro atoms. The van der Waals surface area contributed by atoms with Crippen LogP contribution in [0.3, 0.4) is 0 Å². The Hall–Kier alpha value is -3.16. The quantitative estimate of drug-likeness (QED) is 0.670. The Labute approximate surface area is 136 Å². The molecule has 1 aliphatic heterocycles. The van der Waals surface area contributed by atoms with Crippen molar-refractivity contribution in [2.45, 2.75) is 25.4 Å². The molecule has 8 heteroatoms. The van der Waals surface area contributed by atoms with Crippen molar-refractivity contribution < 1.29 is 9.59 Å². The van der Waals surface area contributed by atoms with E-state index in [1.54, 1.807) is 0 Å². The van der Waals surface area contributed by atoms with Crippen LogP contribution in [-0.2, 0) is 29.0 Å². The monoisotopic (exact) mass is 328 g/mol. The smallest absolute Gasteiger partial charge is 0.266 e. The number of fused-ring (bicyclic) bond motifs is 1. The van der Waals surface area contributed by atoms with Crippen molar-refractivity contribution in [3.63, 3.8) is 0 Å². The molecule has 0 radical (unpaired) electrons. The first-order chi connectivity index (χ1) is 11.5. The number of aromatic nitrogens is 2. The van der Waals surface area contributed by atoms with E-state index in [9.17, 15) is 19.2 Å². The van der Waals surface area contributed by atoms with Crippen LogP contribution >= 0.6 is 0 Å². The Morgan fingerprint density at radius 3 is 2.58 bits per heavy atom. The number of carbonyl (C=O) groups is 2. The molecule has 0 saturated heterocycles. The minimum atomic E-state index is -0.770. The molecular formula is C16H16N4O4. The number of nitrogens with one attached hydrogen (secondary N) is 2. The molecule has 4 N–H and O–H groups in total. The molecule has 24 heavy (non-hydrogen) atoms. The van der Waals surface area contributed by atoms with Gasteiger partial charge in [0.1, 0.15) is 6.04 Å². The number of H-pyrrole nitrogens is 2. The first-order valence-corrected chi connectivity index (χ1v) is 7.42. The van der Waals surface area contributed by atoms with E-state index < -0.39 is 29.0 Å². The Balaban J connectivity index is 1.90. The number of aromatic amines is 2. The third kappa shape index (κ3) is 2.98. The van der Waals surface area contributed by atoms with E-state index in [0.717, 1.165) is 17.2 Å². The van der Waals surface area contributed by atoms with E-state index in [2.05, 4.69) is 10.2 Å². The molecule has 2 aromatic rings. The van der Waals surface area contributed by atoms with Crippen molar-refractivity contribution >= 4 is 11.8 Å². The van der Waals surface area contributed by atoms with Gasteiger partial charge in [-0.3, -0.25) is 29.4 Å². The molecule has 1 aromatic carbocycles. The minimum Gasteiger partial charge on any atom is -0.368 e. The van der Waals surface area contributed by atoms with Crippen LogP contribution in [0.25, 0.3) is 0 Å². The van der Waals surface area contributed by atoms with Gasteiger partial charge in [-0.05, 0) is 11.1 Å². The Bertz CT molecular complexity index is 915. The molecule has 1 aliphatic rings. The molecule has 0 unspecified atom stereocenters. The van der Waals surface area contributed by atoms with Gasteiger partial charge in [0.2, 0.25) is 11.8 Å². The van der Waals surface area contributed by atoms with Gasteiger partial charge in [-0.15, -0.1) is 0 Å².